The van der Waals surface area contributed by atoms with Crippen LogP contribution in [0.3, 0.4) is 0 Å². The van der Waals surface area contributed by atoms with Crippen molar-refractivity contribution in [1.82, 2.24) is 19.6 Å². The lowest BCUT2D eigenvalue weighted by molar-refractivity contribution is 0.273. The Balaban J connectivity index is 1.92. The molecule has 0 spiro atoms. The second-order valence-electron chi connectivity index (χ2n) is 4.87. The Bertz CT molecular complexity index is 520. The maximum absolute atomic E-state index is 5.33. The van der Waals surface area contributed by atoms with E-state index in [1.807, 2.05) is 11.6 Å². The number of ether oxygens (including phenoxy) is 1. The molecule has 0 aliphatic heterocycles. The van der Waals surface area contributed by atoms with Gasteiger partial charge in [-0.3, -0.25) is 4.40 Å². The summed E-state index contributed by atoms with van der Waals surface area (Å²) < 4.78 is 7.42. The highest BCUT2D eigenvalue weighted by Crippen LogP contribution is 2.22. The SMILES string of the molecule is COc1nc2sccn2c1CNCCN(C)C(C)C. The van der Waals surface area contributed by atoms with Gasteiger partial charge >= 0.3 is 0 Å². The van der Waals surface area contributed by atoms with E-state index in [1.165, 1.54) is 0 Å². The van der Waals surface area contributed by atoms with Crippen molar-refractivity contribution in [2.75, 3.05) is 27.2 Å². The third-order valence-corrected chi connectivity index (χ3v) is 4.09. The fourth-order valence-electron chi connectivity index (χ4n) is 1.86. The molecule has 0 aliphatic carbocycles. The Morgan fingerprint density at radius 2 is 2.32 bits per heavy atom. The number of rotatable bonds is 7. The molecule has 2 aromatic rings. The second-order valence-corrected chi connectivity index (χ2v) is 5.75. The van der Waals surface area contributed by atoms with E-state index in [0.29, 0.717) is 6.04 Å². The van der Waals surface area contributed by atoms with E-state index in [0.717, 1.165) is 36.2 Å². The number of hydrogen-bond donors (Lipinski definition) is 1. The van der Waals surface area contributed by atoms with Crippen molar-refractivity contribution >= 4 is 16.3 Å². The molecular weight excluding hydrogens is 260 g/mol. The Hall–Kier alpha value is -1.11. The lowest BCUT2D eigenvalue weighted by atomic mass is 10.3. The van der Waals surface area contributed by atoms with Crippen LogP contribution in [0.15, 0.2) is 11.6 Å². The topological polar surface area (TPSA) is 41.8 Å². The zero-order valence-corrected chi connectivity index (χ0v) is 12.8. The van der Waals surface area contributed by atoms with Gasteiger partial charge in [-0.25, -0.2) is 0 Å². The number of aromatic nitrogens is 2. The van der Waals surface area contributed by atoms with Crippen molar-refractivity contribution in [3.05, 3.63) is 17.3 Å². The van der Waals surface area contributed by atoms with Gasteiger partial charge in [-0.05, 0) is 20.9 Å². The van der Waals surface area contributed by atoms with Gasteiger partial charge in [-0.1, -0.05) is 0 Å². The molecule has 1 N–H and O–H groups in total. The zero-order chi connectivity index (χ0) is 13.8. The van der Waals surface area contributed by atoms with Crippen LogP contribution >= 0.6 is 11.3 Å². The number of hydrogen-bond acceptors (Lipinski definition) is 5. The molecule has 0 saturated carbocycles. The van der Waals surface area contributed by atoms with Gasteiger partial charge in [0.15, 0.2) is 4.96 Å². The molecule has 6 heteroatoms. The van der Waals surface area contributed by atoms with Crippen LogP contribution in [0.25, 0.3) is 4.96 Å². The molecule has 0 aliphatic rings. The van der Waals surface area contributed by atoms with E-state index in [1.54, 1.807) is 18.4 Å². The maximum Gasteiger partial charge on any atom is 0.237 e. The van der Waals surface area contributed by atoms with E-state index in [9.17, 15) is 0 Å². The molecule has 2 aromatic heterocycles. The van der Waals surface area contributed by atoms with Gasteiger partial charge < -0.3 is 15.0 Å². The molecule has 5 nitrogen and oxygen atoms in total. The molecule has 19 heavy (non-hydrogen) atoms. The number of likely N-dealkylation sites (N-methyl/N-ethyl adjacent to an activating group) is 1. The van der Waals surface area contributed by atoms with Crippen molar-refractivity contribution in [1.29, 1.82) is 0 Å². The van der Waals surface area contributed by atoms with Crippen molar-refractivity contribution in [3.8, 4) is 5.88 Å². The van der Waals surface area contributed by atoms with Crippen LogP contribution in [0.4, 0.5) is 0 Å². The van der Waals surface area contributed by atoms with Gasteiger partial charge in [0, 0.05) is 37.3 Å². The predicted octanol–water partition coefficient (Wildman–Crippen LogP) is 1.83. The molecule has 0 saturated heterocycles. The van der Waals surface area contributed by atoms with Crippen molar-refractivity contribution in [2.24, 2.45) is 0 Å². The van der Waals surface area contributed by atoms with Crippen molar-refractivity contribution in [2.45, 2.75) is 26.4 Å². The van der Waals surface area contributed by atoms with Crippen molar-refractivity contribution in [3.63, 3.8) is 0 Å². The Morgan fingerprint density at radius 1 is 1.53 bits per heavy atom. The highest BCUT2D eigenvalue weighted by atomic mass is 32.1. The minimum absolute atomic E-state index is 0.579. The first-order valence-corrected chi connectivity index (χ1v) is 7.40. The van der Waals surface area contributed by atoms with E-state index >= 15 is 0 Å². The van der Waals surface area contributed by atoms with Gasteiger partial charge in [0.2, 0.25) is 5.88 Å². The van der Waals surface area contributed by atoms with Crippen LogP contribution in [0.2, 0.25) is 0 Å². The summed E-state index contributed by atoms with van der Waals surface area (Å²) >= 11 is 1.62. The summed E-state index contributed by atoms with van der Waals surface area (Å²) in [6.45, 7) is 7.16. The fraction of sp³-hybridized carbons (Fsp3) is 0.615. The maximum atomic E-state index is 5.33. The lowest BCUT2D eigenvalue weighted by Crippen LogP contribution is -2.33. The standard InChI is InChI=1S/C13H22N4OS/c1-10(2)16(3)6-5-14-9-11-12(18-4)15-13-17(11)7-8-19-13/h7-8,10,14H,5-6,9H2,1-4H3. The monoisotopic (exact) mass is 282 g/mol. The molecule has 0 atom stereocenters. The predicted molar refractivity (Wildman–Crippen MR) is 79.1 cm³/mol. The third-order valence-electron chi connectivity index (χ3n) is 3.33. The molecule has 0 unspecified atom stereocenters. The van der Waals surface area contributed by atoms with E-state index in [4.69, 9.17) is 4.74 Å². The first-order chi connectivity index (χ1) is 9.13. The van der Waals surface area contributed by atoms with Gasteiger partial charge in [-0.15, -0.1) is 11.3 Å². The number of methoxy groups -OCH3 is 1. The van der Waals surface area contributed by atoms with Gasteiger partial charge in [0.05, 0.1) is 7.11 Å². The average Bonchev–Trinajstić information content (AvgIpc) is 2.95. The summed E-state index contributed by atoms with van der Waals surface area (Å²) in [5, 5.41) is 5.49. The largest absolute Gasteiger partial charge is 0.480 e. The van der Waals surface area contributed by atoms with Gasteiger partial charge in [0.1, 0.15) is 5.69 Å². The summed E-state index contributed by atoms with van der Waals surface area (Å²) in [4.78, 5) is 7.74. The second kappa shape index (κ2) is 6.36. The van der Waals surface area contributed by atoms with E-state index in [-0.39, 0.29) is 0 Å². The number of fused-ring (bicyclic) bond motifs is 1. The Kier molecular flexibility index (Phi) is 4.79. The summed E-state index contributed by atoms with van der Waals surface area (Å²) in [7, 11) is 3.81. The first kappa shape index (κ1) is 14.3. The molecule has 0 bridgehead atoms. The average molecular weight is 282 g/mol. The smallest absolute Gasteiger partial charge is 0.237 e. The molecule has 2 heterocycles. The Labute approximate surface area is 118 Å². The van der Waals surface area contributed by atoms with Gasteiger partial charge in [0.25, 0.3) is 0 Å². The normalized spacial score (nSPS) is 11.9. The third kappa shape index (κ3) is 3.26. The van der Waals surface area contributed by atoms with Gasteiger partial charge in [-0.2, -0.15) is 4.98 Å². The lowest BCUT2D eigenvalue weighted by Gasteiger charge is -2.20. The van der Waals surface area contributed by atoms with Crippen LogP contribution in [-0.2, 0) is 6.54 Å². The van der Waals surface area contributed by atoms with Crippen molar-refractivity contribution < 1.29 is 4.74 Å². The number of nitrogens with one attached hydrogen (secondary N) is 1. The summed E-state index contributed by atoms with van der Waals surface area (Å²) in [6, 6.07) is 0.579. The van der Waals surface area contributed by atoms with Crippen LogP contribution in [0.5, 0.6) is 5.88 Å². The molecule has 106 valence electrons. The molecule has 0 radical (unpaired) electrons. The molecule has 0 aromatic carbocycles. The molecule has 0 fully saturated rings. The van der Waals surface area contributed by atoms with E-state index in [2.05, 4.69) is 40.5 Å². The number of imidazole rings is 1. The first-order valence-electron chi connectivity index (χ1n) is 6.53. The molecule has 0 amide bonds. The highest BCUT2D eigenvalue weighted by Gasteiger charge is 2.13. The molecular formula is C13H22N4OS. The zero-order valence-electron chi connectivity index (χ0n) is 12.0. The minimum atomic E-state index is 0.579. The highest BCUT2D eigenvalue weighted by molar-refractivity contribution is 7.15. The number of thiazole rings is 1. The molecule has 2 rings (SSSR count). The van der Waals surface area contributed by atoms with E-state index < -0.39 is 0 Å². The van der Waals surface area contributed by atoms with Crippen LogP contribution in [0, 0.1) is 0 Å². The summed E-state index contributed by atoms with van der Waals surface area (Å²) in [6.07, 6.45) is 2.03. The number of nitrogens with zero attached hydrogens (tertiary/aromatic N) is 3. The fourth-order valence-corrected chi connectivity index (χ4v) is 2.58. The quantitative estimate of drug-likeness (QED) is 0.787. The summed E-state index contributed by atoms with van der Waals surface area (Å²) in [5.41, 5.74) is 1.09. The minimum Gasteiger partial charge on any atom is -0.480 e. The van der Waals surface area contributed by atoms with Crippen LogP contribution in [-0.4, -0.2) is 47.6 Å². The summed E-state index contributed by atoms with van der Waals surface area (Å²) in [5.74, 6) is 0.719. The van der Waals surface area contributed by atoms with Crippen LogP contribution in [0.1, 0.15) is 19.5 Å². The van der Waals surface area contributed by atoms with Crippen LogP contribution < -0.4 is 10.1 Å². The Morgan fingerprint density at radius 3 is 3.00 bits per heavy atom.